The summed E-state index contributed by atoms with van der Waals surface area (Å²) >= 11 is 7.71. The largest absolute Gasteiger partial charge is 0.315 e. The molecule has 2 unspecified atom stereocenters. The van der Waals surface area contributed by atoms with Crippen molar-refractivity contribution < 1.29 is 0 Å². The van der Waals surface area contributed by atoms with Crippen LogP contribution in [0.3, 0.4) is 0 Å². The van der Waals surface area contributed by atoms with Crippen LogP contribution >= 0.6 is 23.4 Å². The molecule has 1 aromatic heterocycles. The molecule has 4 heteroatoms. The lowest BCUT2D eigenvalue weighted by molar-refractivity contribution is 0.300. The summed E-state index contributed by atoms with van der Waals surface area (Å²) in [5.41, 5.74) is 0.374. The van der Waals surface area contributed by atoms with Gasteiger partial charge in [0, 0.05) is 17.5 Å². The minimum atomic E-state index is 0.374. The maximum atomic E-state index is 5.85. The lowest BCUT2D eigenvalue weighted by Crippen LogP contribution is -2.41. The highest BCUT2D eigenvalue weighted by Gasteiger charge is 2.41. The van der Waals surface area contributed by atoms with E-state index in [0.717, 1.165) is 5.03 Å². The van der Waals surface area contributed by atoms with E-state index < -0.39 is 0 Å². The highest BCUT2D eigenvalue weighted by Crippen LogP contribution is 2.44. The molecule has 1 N–H and O–H groups in total. The van der Waals surface area contributed by atoms with E-state index in [1.807, 2.05) is 23.9 Å². The molecule has 1 heterocycles. The van der Waals surface area contributed by atoms with Crippen LogP contribution in [0, 0.1) is 5.41 Å². The number of hydrogen-bond acceptors (Lipinski definition) is 3. The molecular weight excluding hydrogens is 252 g/mol. The van der Waals surface area contributed by atoms with Gasteiger partial charge >= 0.3 is 0 Å². The van der Waals surface area contributed by atoms with Crippen LogP contribution in [-0.4, -0.2) is 23.3 Å². The van der Waals surface area contributed by atoms with E-state index in [9.17, 15) is 0 Å². The molecule has 1 aromatic rings. The number of rotatable bonds is 3. The molecule has 2 nitrogen and oxygen atoms in total. The standard InChI is InChI=1S/C13H19ClN2S/c1-13(2)7-6-10(12(13)15-3)17-11-5-4-9(14)8-16-11/h4-5,8,10,12,15H,6-7H2,1-3H3. The van der Waals surface area contributed by atoms with Crippen molar-refractivity contribution in [3.8, 4) is 0 Å². The van der Waals surface area contributed by atoms with Crippen LogP contribution in [0.2, 0.25) is 5.02 Å². The number of halogens is 1. The zero-order valence-electron chi connectivity index (χ0n) is 10.5. The monoisotopic (exact) mass is 270 g/mol. The number of nitrogens with zero attached hydrogens (tertiary/aromatic N) is 1. The number of nitrogens with one attached hydrogen (secondary N) is 1. The molecule has 0 aromatic carbocycles. The summed E-state index contributed by atoms with van der Waals surface area (Å²) < 4.78 is 0. The van der Waals surface area contributed by atoms with Crippen LogP contribution in [0.5, 0.6) is 0 Å². The predicted molar refractivity (Wildman–Crippen MR) is 74.8 cm³/mol. The minimum Gasteiger partial charge on any atom is -0.315 e. The molecule has 0 bridgehead atoms. The first-order valence-corrected chi connectivity index (χ1v) is 7.24. The SMILES string of the molecule is CNC1C(Sc2ccc(Cl)cn2)CCC1(C)C. The second kappa shape index (κ2) is 5.17. The Kier molecular flexibility index (Phi) is 4.01. The molecule has 1 saturated carbocycles. The van der Waals surface area contributed by atoms with Crippen molar-refractivity contribution in [2.45, 2.75) is 43.0 Å². The molecule has 17 heavy (non-hydrogen) atoms. The van der Waals surface area contributed by atoms with Gasteiger partial charge in [0.2, 0.25) is 0 Å². The molecule has 0 aliphatic heterocycles. The van der Waals surface area contributed by atoms with Gasteiger partial charge in [-0.05, 0) is 37.4 Å². The maximum absolute atomic E-state index is 5.85. The summed E-state index contributed by atoms with van der Waals surface area (Å²) in [7, 11) is 2.06. The van der Waals surface area contributed by atoms with E-state index in [-0.39, 0.29) is 0 Å². The highest BCUT2D eigenvalue weighted by molar-refractivity contribution is 7.99. The number of aromatic nitrogens is 1. The van der Waals surface area contributed by atoms with Crippen LogP contribution in [0.25, 0.3) is 0 Å². The molecule has 1 fully saturated rings. The van der Waals surface area contributed by atoms with Gasteiger partial charge in [0.1, 0.15) is 0 Å². The van der Waals surface area contributed by atoms with Gasteiger partial charge < -0.3 is 5.32 Å². The second-order valence-electron chi connectivity index (χ2n) is 5.26. The van der Waals surface area contributed by atoms with Gasteiger partial charge in [-0.3, -0.25) is 0 Å². The van der Waals surface area contributed by atoms with E-state index in [1.54, 1.807) is 6.20 Å². The third-order valence-corrected chi connectivity index (χ3v) is 5.09. The van der Waals surface area contributed by atoms with E-state index >= 15 is 0 Å². The fourth-order valence-electron chi connectivity index (χ4n) is 2.63. The molecule has 0 spiro atoms. The topological polar surface area (TPSA) is 24.9 Å². The zero-order chi connectivity index (χ0) is 12.5. The smallest absolute Gasteiger partial charge is 0.0964 e. The molecule has 0 radical (unpaired) electrons. The lowest BCUT2D eigenvalue weighted by atomic mass is 9.87. The van der Waals surface area contributed by atoms with E-state index in [1.165, 1.54) is 12.8 Å². The Hall–Kier alpha value is -0.250. The molecule has 0 amide bonds. The average Bonchev–Trinajstić information content (AvgIpc) is 2.57. The van der Waals surface area contributed by atoms with Crippen LogP contribution in [0.15, 0.2) is 23.4 Å². The Morgan fingerprint density at radius 2 is 2.24 bits per heavy atom. The molecule has 1 aliphatic carbocycles. The Morgan fingerprint density at radius 1 is 1.47 bits per heavy atom. The fourth-order valence-corrected chi connectivity index (χ4v) is 4.19. The molecule has 94 valence electrons. The van der Waals surface area contributed by atoms with Crippen molar-refractivity contribution in [1.29, 1.82) is 0 Å². The third kappa shape index (κ3) is 2.95. The summed E-state index contributed by atoms with van der Waals surface area (Å²) in [6, 6.07) is 4.46. The Bertz CT molecular complexity index is 378. The predicted octanol–water partition coefficient (Wildman–Crippen LogP) is 3.60. The molecule has 2 atom stereocenters. The summed E-state index contributed by atoms with van der Waals surface area (Å²) in [4.78, 5) is 4.36. The van der Waals surface area contributed by atoms with E-state index in [0.29, 0.717) is 21.7 Å². The summed E-state index contributed by atoms with van der Waals surface area (Å²) in [5, 5.41) is 5.83. The second-order valence-corrected chi connectivity index (χ2v) is 6.96. The van der Waals surface area contributed by atoms with E-state index in [2.05, 4.69) is 31.2 Å². The maximum Gasteiger partial charge on any atom is 0.0964 e. The van der Waals surface area contributed by atoms with Crippen molar-refractivity contribution in [2.24, 2.45) is 5.41 Å². The minimum absolute atomic E-state index is 0.374. The van der Waals surface area contributed by atoms with Gasteiger partial charge in [-0.25, -0.2) is 4.98 Å². The molecule has 2 rings (SSSR count). The molecular formula is C13H19ClN2S. The van der Waals surface area contributed by atoms with Gasteiger partial charge in [0.15, 0.2) is 0 Å². The zero-order valence-corrected chi connectivity index (χ0v) is 12.1. The van der Waals surface area contributed by atoms with Crippen LogP contribution in [0.1, 0.15) is 26.7 Å². The molecule has 0 saturated heterocycles. The van der Waals surface area contributed by atoms with Crippen molar-refractivity contribution >= 4 is 23.4 Å². The van der Waals surface area contributed by atoms with Crippen LogP contribution in [-0.2, 0) is 0 Å². The van der Waals surface area contributed by atoms with Gasteiger partial charge in [-0.1, -0.05) is 25.4 Å². The van der Waals surface area contributed by atoms with Crippen molar-refractivity contribution in [1.82, 2.24) is 10.3 Å². The first-order valence-electron chi connectivity index (χ1n) is 5.98. The number of pyridine rings is 1. The summed E-state index contributed by atoms with van der Waals surface area (Å²) in [6.07, 6.45) is 4.23. The number of hydrogen-bond donors (Lipinski definition) is 1. The van der Waals surface area contributed by atoms with Crippen LogP contribution in [0.4, 0.5) is 0 Å². The van der Waals surface area contributed by atoms with Gasteiger partial charge in [0.25, 0.3) is 0 Å². The van der Waals surface area contributed by atoms with Gasteiger partial charge in [0.05, 0.1) is 10.0 Å². The molecule has 1 aliphatic rings. The van der Waals surface area contributed by atoms with Crippen molar-refractivity contribution in [3.05, 3.63) is 23.4 Å². The van der Waals surface area contributed by atoms with Gasteiger partial charge in [-0.2, -0.15) is 0 Å². The Labute approximate surface area is 113 Å². The average molecular weight is 271 g/mol. The highest BCUT2D eigenvalue weighted by atomic mass is 35.5. The first-order chi connectivity index (χ1) is 8.03. The number of thioether (sulfide) groups is 1. The summed E-state index contributed by atoms with van der Waals surface area (Å²) in [6.45, 7) is 4.67. The first kappa shape index (κ1) is 13.2. The summed E-state index contributed by atoms with van der Waals surface area (Å²) in [5.74, 6) is 0. The van der Waals surface area contributed by atoms with Crippen LogP contribution < -0.4 is 5.32 Å². The van der Waals surface area contributed by atoms with E-state index in [4.69, 9.17) is 11.6 Å². The quantitative estimate of drug-likeness (QED) is 0.908. The lowest BCUT2D eigenvalue weighted by Gasteiger charge is -2.29. The Balaban J connectivity index is 2.07. The third-order valence-electron chi connectivity index (χ3n) is 3.57. The fraction of sp³-hybridized carbons (Fsp3) is 0.615. The normalized spacial score (nSPS) is 27.3. The van der Waals surface area contributed by atoms with Crippen molar-refractivity contribution in [2.75, 3.05) is 7.05 Å². The Morgan fingerprint density at radius 3 is 2.82 bits per heavy atom. The van der Waals surface area contributed by atoms with Gasteiger partial charge in [-0.15, -0.1) is 11.8 Å². The van der Waals surface area contributed by atoms with Crippen molar-refractivity contribution in [3.63, 3.8) is 0 Å².